The van der Waals surface area contributed by atoms with Crippen LogP contribution in [-0.2, 0) is 14.3 Å². The van der Waals surface area contributed by atoms with E-state index in [-0.39, 0.29) is 25.2 Å². The zero-order chi connectivity index (χ0) is 16.6. The molecule has 0 amide bonds. The molecule has 1 rings (SSSR count). The van der Waals surface area contributed by atoms with E-state index in [1.54, 1.807) is 19.1 Å². The Bertz CT molecular complexity index is 494. The number of ketones is 1. The molecule has 1 aromatic rings. The Morgan fingerprint density at radius 3 is 2.50 bits per heavy atom. The third-order valence-corrected chi connectivity index (χ3v) is 3.90. The van der Waals surface area contributed by atoms with E-state index in [2.05, 4.69) is 4.74 Å². The van der Waals surface area contributed by atoms with Crippen molar-refractivity contribution < 1.29 is 19.1 Å². The summed E-state index contributed by atoms with van der Waals surface area (Å²) in [6, 6.07) is 9.11. The summed E-state index contributed by atoms with van der Waals surface area (Å²) in [7, 11) is 1.28. The van der Waals surface area contributed by atoms with Crippen molar-refractivity contribution in [2.75, 3.05) is 13.7 Å². The fourth-order valence-corrected chi connectivity index (χ4v) is 2.08. The zero-order valence-electron chi connectivity index (χ0n) is 12.9. The van der Waals surface area contributed by atoms with Gasteiger partial charge in [-0.05, 0) is 25.0 Å². The number of ether oxygens (including phenoxy) is 2. The van der Waals surface area contributed by atoms with Gasteiger partial charge in [0.25, 0.3) is 0 Å². The molecule has 0 saturated heterocycles. The van der Waals surface area contributed by atoms with Gasteiger partial charge in [-0.15, -0.1) is 11.6 Å². The lowest BCUT2D eigenvalue weighted by Crippen LogP contribution is -2.48. The monoisotopic (exact) mass is 327 g/mol. The molecule has 0 bridgehead atoms. The van der Waals surface area contributed by atoms with E-state index in [9.17, 15) is 9.59 Å². The normalized spacial score (nSPS) is 14.7. The fraction of sp³-hybridized carbons (Fsp3) is 0.500. The van der Waals surface area contributed by atoms with Gasteiger partial charge in [0, 0.05) is 6.42 Å². The van der Waals surface area contributed by atoms with Crippen molar-refractivity contribution in [1.82, 2.24) is 0 Å². The van der Waals surface area contributed by atoms with Gasteiger partial charge < -0.3 is 15.2 Å². The summed E-state index contributed by atoms with van der Waals surface area (Å²) in [4.78, 5) is 23.7. The molecule has 122 valence electrons. The molecule has 0 aliphatic heterocycles. The number of hydrogen-bond donors (Lipinski definition) is 1. The number of carbonyl (C=O) groups excluding carboxylic acids is 2. The van der Waals surface area contributed by atoms with Crippen molar-refractivity contribution >= 4 is 23.4 Å². The highest BCUT2D eigenvalue weighted by Gasteiger charge is 2.34. The van der Waals surface area contributed by atoms with Gasteiger partial charge in [0.15, 0.2) is 5.78 Å². The van der Waals surface area contributed by atoms with Crippen LogP contribution >= 0.6 is 11.6 Å². The second-order valence-electron chi connectivity index (χ2n) is 5.06. The van der Waals surface area contributed by atoms with E-state index in [1.807, 2.05) is 18.2 Å². The van der Waals surface area contributed by atoms with Crippen molar-refractivity contribution in [3.05, 3.63) is 30.3 Å². The molecule has 0 aliphatic carbocycles. The first kappa shape index (κ1) is 18.5. The standard InChI is InChI=1S/C16H22ClNO4/c1-3-16(18,15(20)21-2)10-9-14(19)13(17)11-22-12-7-5-4-6-8-12/h4-8,13H,3,9-11,18H2,1-2H3. The average Bonchev–Trinajstić information content (AvgIpc) is 2.57. The number of para-hydroxylation sites is 1. The number of benzene rings is 1. The molecule has 5 nitrogen and oxygen atoms in total. The summed E-state index contributed by atoms with van der Waals surface area (Å²) in [5.74, 6) is -0.0727. The predicted octanol–water partition coefficient (Wildman–Crippen LogP) is 2.30. The van der Waals surface area contributed by atoms with Crippen LogP contribution in [-0.4, -0.2) is 36.4 Å². The number of halogens is 1. The van der Waals surface area contributed by atoms with Crippen LogP contribution in [0.3, 0.4) is 0 Å². The molecule has 0 spiro atoms. The number of hydrogen-bond acceptors (Lipinski definition) is 5. The summed E-state index contributed by atoms with van der Waals surface area (Å²) in [5, 5.41) is -0.779. The lowest BCUT2D eigenvalue weighted by molar-refractivity contribution is -0.147. The number of nitrogens with two attached hydrogens (primary N) is 1. The van der Waals surface area contributed by atoms with E-state index >= 15 is 0 Å². The molecule has 0 heterocycles. The van der Waals surface area contributed by atoms with Gasteiger partial charge in [0.05, 0.1) is 7.11 Å². The van der Waals surface area contributed by atoms with Gasteiger partial charge in [-0.3, -0.25) is 9.59 Å². The number of carbonyl (C=O) groups is 2. The van der Waals surface area contributed by atoms with E-state index < -0.39 is 16.9 Å². The maximum absolute atomic E-state index is 12.0. The van der Waals surface area contributed by atoms with Gasteiger partial charge in [-0.25, -0.2) is 0 Å². The van der Waals surface area contributed by atoms with Crippen LogP contribution in [0.15, 0.2) is 30.3 Å². The van der Waals surface area contributed by atoms with Crippen LogP contribution < -0.4 is 10.5 Å². The molecule has 2 atom stereocenters. The number of methoxy groups -OCH3 is 1. The lowest BCUT2D eigenvalue weighted by atomic mass is 9.90. The Morgan fingerprint density at radius 2 is 1.95 bits per heavy atom. The molecule has 0 saturated carbocycles. The van der Waals surface area contributed by atoms with E-state index in [0.29, 0.717) is 12.2 Å². The van der Waals surface area contributed by atoms with Crippen LogP contribution in [0.1, 0.15) is 26.2 Å². The van der Waals surface area contributed by atoms with E-state index in [0.717, 1.165) is 0 Å². The summed E-state index contributed by atoms with van der Waals surface area (Å²) >= 11 is 6.04. The first-order valence-electron chi connectivity index (χ1n) is 7.15. The highest BCUT2D eigenvalue weighted by atomic mass is 35.5. The predicted molar refractivity (Wildman–Crippen MR) is 85.0 cm³/mol. The van der Waals surface area contributed by atoms with Crippen molar-refractivity contribution in [3.8, 4) is 5.75 Å². The third kappa shape index (κ3) is 5.31. The number of rotatable bonds is 9. The SMILES string of the molecule is CCC(N)(CCC(=O)C(Cl)COc1ccccc1)C(=O)OC. The molecular formula is C16H22ClNO4. The molecule has 0 fully saturated rings. The molecule has 0 aliphatic rings. The largest absolute Gasteiger partial charge is 0.492 e. The molecule has 1 aromatic carbocycles. The molecular weight excluding hydrogens is 306 g/mol. The average molecular weight is 328 g/mol. The number of alkyl halides is 1. The van der Waals surface area contributed by atoms with Gasteiger partial charge in [-0.2, -0.15) is 0 Å². The van der Waals surface area contributed by atoms with Crippen LogP contribution in [0.25, 0.3) is 0 Å². The van der Waals surface area contributed by atoms with E-state index in [1.165, 1.54) is 7.11 Å². The Kier molecular flexibility index (Phi) is 7.35. The zero-order valence-corrected chi connectivity index (χ0v) is 13.6. The molecule has 0 aromatic heterocycles. The summed E-state index contributed by atoms with van der Waals surface area (Å²) in [6.07, 6.45) is 0.690. The van der Waals surface area contributed by atoms with Crippen molar-refractivity contribution in [2.24, 2.45) is 5.73 Å². The van der Waals surface area contributed by atoms with Crippen LogP contribution in [0, 0.1) is 0 Å². The molecule has 22 heavy (non-hydrogen) atoms. The van der Waals surface area contributed by atoms with Crippen LogP contribution in [0.5, 0.6) is 5.75 Å². The summed E-state index contributed by atoms with van der Waals surface area (Å²) in [6.45, 7) is 1.85. The smallest absolute Gasteiger partial charge is 0.325 e. The molecule has 6 heteroatoms. The Hall–Kier alpha value is -1.59. The lowest BCUT2D eigenvalue weighted by Gasteiger charge is -2.24. The van der Waals surface area contributed by atoms with Gasteiger partial charge in [0.2, 0.25) is 0 Å². The number of esters is 1. The summed E-state index contributed by atoms with van der Waals surface area (Å²) < 4.78 is 10.1. The van der Waals surface area contributed by atoms with Crippen molar-refractivity contribution in [1.29, 1.82) is 0 Å². The minimum absolute atomic E-state index is 0.0757. The maximum Gasteiger partial charge on any atom is 0.325 e. The Balaban J connectivity index is 2.45. The van der Waals surface area contributed by atoms with E-state index in [4.69, 9.17) is 22.1 Å². The van der Waals surface area contributed by atoms with Gasteiger partial charge in [-0.1, -0.05) is 25.1 Å². The topological polar surface area (TPSA) is 78.6 Å². The van der Waals surface area contributed by atoms with Gasteiger partial charge in [0.1, 0.15) is 23.3 Å². The quantitative estimate of drug-likeness (QED) is 0.556. The Labute approximate surface area is 135 Å². The van der Waals surface area contributed by atoms with Crippen LogP contribution in [0.4, 0.5) is 0 Å². The number of Topliss-reactive ketones (excluding diaryl/α,β-unsaturated/α-hetero) is 1. The maximum atomic E-state index is 12.0. The first-order valence-corrected chi connectivity index (χ1v) is 7.58. The highest BCUT2D eigenvalue weighted by molar-refractivity contribution is 6.31. The molecule has 2 unspecified atom stereocenters. The highest BCUT2D eigenvalue weighted by Crippen LogP contribution is 2.18. The fourth-order valence-electron chi connectivity index (χ4n) is 1.91. The molecule has 0 radical (unpaired) electrons. The Morgan fingerprint density at radius 1 is 1.32 bits per heavy atom. The first-order chi connectivity index (χ1) is 10.4. The third-order valence-electron chi connectivity index (χ3n) is 3.53. The summed E-state index contributed by atoms with van der Waals surface area (Å²) in [5.41, 5.74) is 4.81. The van der Waals surface area contributed by atoms with Gasteiger partial charge >= 0.3 is 5.97 Å². The minimum atomic E-state index is -1.15. The van der Waals surface area contributed by atoms with Crippen molar-refractivity contribution in [2.45, 2.75) is 37.1 Å². The molecule has 2 N–H and O–H groups in total. The van der Waals surface area contributed by atoms with Crippen molar-refractivity contribution in [3.63, 3.8) is 0 Å². The second-order valence-corrected chi connectivity index (χ2v) is 5.59. The van der Waals surface area contributed by atoms with Crippen LogP contribution in [0.2, 0.25) is 0 Å². The minimum Gasteiger partial charge on any atom is -0.492 e. The second kappa shape index (κ2) is 8.76.